The zero-order valence-corrected chi connectivity index (χ0v) is 22.5. The van der Waals surface area contributed by atoms with Gasteiger partial charge in [0.1, 0.15) is 11.6 Å². The van der Waals surface area contributed by atoms with Gasteiger partial charge >= 0.3 is 6.03 Å². The summed E-state index contributed by atoms with van der Waals surface area (Å²) < 4.78 is 9.57. The number of anilines is 1. The lowest BCUT2D eigenvalue weighted by Crippen LogP contribution is -2.38. The number of aryl methyl sites for hydroxylation is 1. The third-order valence-electron chi connectivity index (χ3n) is 7.09. The van der Waals surface area contributed by atoms with Crippen LogP contribution in [-0.2, 0) is 13.0 Å². The van der Waals surface area contributed by atoms with Crippen LogP contribution in [0.3, 0.4) is 0 Å². The van der Waals surface area contributed by atoms with Crippen LogP contribution in [0.2, 0.25) is 5.02 Å². The molecule has 3 aromatic carbocycles. The maximum absolute atomic E-state index is 14.1. The van der Waals surface area contributed by atoms with Gasteiger partial charge in [0, 0.05) is 22.5 Å². The monoisotopic (exact) mass is 537 g/mol. The fraction of sp³-hybridized carbons (Fsp3) is 0.161. The first-order chi connectivity index (χ1) is 19.1. The molecule has 1 aliphatic rings. The number of hydrogen-bond donors (Lipinski definition) is 1. The van der Waals surface area contributed by atoms with E-state index in [0.29, 0.717) is 17.3 Å². The molecule has 6 rings (SSSR count). The number of nitrogens with zero attached hydrogens (tertiary/aromatic N) is 4. The zero-order chi connectivity index (χ0) is 26.9. The van der Waals surface area contributed by atoms with Crippen molar-refractivity contribution in [2.75, 3.05) is 12.4 Å². The first-order valence-corrected chi connectivity index (χ1v) is 13.3. The predicted molar refractivity (Wildman–Crippen MR) is 153 cm³/mol. The molecule has 0 radical (unpaired) electrons. The lowest BCUT2D eigenvalue weighted by Gasteiger charge is -2.31. The van der Waals surface area contributed by atoms with E-state index in [4.69, 9.17) is 21.4 Å². The Kier molecular flexibility index (Phi) is 6.59. The Bertz CT molecular complexity index is 1610. The number of amides is 2. The third-order valence-corrected chi connectivity index (χ3v) is 7.34. The number of benzene rings is 3. The number of fused-ring (bicyclic) bond motifs is 3. The van der Waals surface area contributed by atoms with E-state index in [0.717, 1.165) is 46.2 Å². The molecule has 3 heterocycles. The van der Waals surface area contributed by atoms with E-state index in [1.165, 1.54) is 0 Å². The Hall–Kier alpha value is -4.49. The van der Waals surface area contributed by atoms with Gasteiger partial charge in [-0.25, -0.2) is 9.48 Å². The minimum atomic E-state index is -0.362. The van der Waals surface area contributed by atoms with Gasteiger partial charge in [-0.05, 0) is 72.6 Å². The van der Waals surface area contributed by atoms with Crippen molar-refractivity contribution in [2.45, 2.75) is 25.9 Å². The van der Waals surface area contributed by atoms with Crippen LogP contribution in [-0.4, -0.2) is 32.4 Å². The smallest absolute Gasteiger partial charge is 0.322 e. The number of ether oxygens (including phenoxy) is 1. The first-order valence-electron chi connectivity index (χ1n) is 12.9. The van der Waals surface area contributed by atoms with Crippen molar-refractivity contribution in [1.29, 1.82) is 0 Å². The van der Waals surface area contributed by atoms with E-state index in [2.05, 4.69) is 22.9 Å². The molecule has 5 aromatic rings. The second-order valence-electron chi connectivity index (χ2n) is 9.39. The van der Waals surface area contributed by atoms with Crippen molar-refractivity contribution >= 4 is 23.3 Å². The molecule has 0 spiro atoms. The minimum absolute atomic E-state index is 0.215. The molecular formula is C31H28ClN5O2. The highest BCUT2D eigenvalue weighted by Gasteiger charge is 2.36. The van der Waals surface area contributed by atoms with Crippen molar-refractivity contribution in [2.24, 2.45) is 0 Å². The largest absolute Gasteiger partial charge is 0.497 e. The van der Waals surface area contributed by atoms with Crippen LogP contribution in [0.25, 0.3) is 11.5 Å². The topological polar surface area (TPSA) is 64.3 Å². The summed E-state index contributed by atoms with van der Waals surface area (Å²) in [6.07, 6.45) is 2.78. The molecule has 0 bridgehead atoms. The van der Waals surface area contributed by atoms with Crippen molar-refractivity contribution in [3.8, 4) is 17.3 Å². The summed E-state index contributed by atoms with van der Waals surface area (Å²) in [6.45, 7) is 2.47. The first kappa shape index (κ1) is 24.8. The van der Waals surface area contributed by atoms with Crippen molar-refractivity contribution < 1.29 is 9.53 Å². The number of carbonyl (C=O) groups excluding carboxylic acids is 1. The number of para-hydroxylation sites is 1. The third kappa shape index (κ3) is 4.55. The van der Waals surface area contributed by atoms with E-state index in [1.54, 1.807) is 31.4 Å². The van der Waals surface area contributed by atoms with E-state index >= 15 is 0 Å². The molecular weight excluding hydrogens is 510 g/mol. The quantitative estimate of drug-likeness (QED) is 0.262. The average Bonchev–Trinajstić information content (AvgIpc) is 3.56. The van der Waals surface area contributed by atoms with Gasteiger partial charge in [0.2, 0.25) is 0 Å². The molecule has 0 unspecified atom stereocenters. The number of urea groups is 1. The molecule has 0 saturated heterocycles. The van der Waals surface area contributed by atoms with Gasteiger partial charge in [-0.15, -0.1) is 0 Å². The van der Waals surface area contributed by atoms with Gasteiger partial charge < -0.3 is 19.5 Å². The predicted octanol–water partition coefficient (Wildman–Crippen LogP) is 7.02. The Morgan fingerprint density at radius 3 is 2.44 bits per heavy atom. The average molecular weight is 538 g/mol. The molecule has 1 N–H and O–H groups in total. The lowest BCUT2D eigenvalue weighted by molar-refractivity contribution is 0.194. The van der Waals surface area contributed by atoms with Crippen LogP contribution >= 0.6 is 11.6 Å². The van der Waals surface area contributed by atoms with E-state index < -0.39 is 0 Å². The standard InChI is InChI=1S/C31H28ClN5O2/c1-3-27-26-20-36(31(38)33-23-15-13-22(32)14-16-23)29(21-11-17-25(39-2)18-12-21)28-10-7-19-35(28)30(26)37(34-27)24-8-5-4-6-9-24/h4-19,29H,3,20H2,1-2H3,(H,33,38)/t29-/m0/s1. The summed E-state index contributed by atoms with van der Waals surface area (Å²) in [5.41, 5.74) is 5.55. The summed E-state index contributed by atoms with van der Waals surface area (Å²) in [4.78, 5) is 15.9. The van der Waals surface area contributed by atoms with Crippen LogP contribution in [0.1, 0.15) is 35.5 Å². The molecule has 0 saturated carbocycles. The SMILES string of the molecule is CCc1nn(-c2ccccc2)c2c1CN(C(=O)Nc1ccc(Cl)cc1)[C@@H](c1ccc(OC)cc1)c1cccn1-2. The van der Waals surface area contributed by atoms with Crippen molar-refractivity contribution in [3.63, 3.8) is 0 Å². The number of methoxy groups -OCH3 is 1. The molecule has 2 amide bonds. The molecule has 0 aliphatic carbocycles. The molecule has 0 fully saturated rings. The number of rotatable bonds is 5. The lowest BCUT2D eigenvalue weighted by atomic mass is 10.0. The number of carbonyl (C=O) groups is 1. The van der Waals surface area contributed by atoms with Gasteiger partial charge in [-0.1, -0.05) is 48.9 Å². The van der Waals surface area contributed by atoms with Crippen LogP contribution in [0, 0.1) is 0 Å². The van der Waals surface area contributed by atoms with Crippen LogP contribution in [0.5, 0.6) is 5.75 Å². The number of hydrogen-bond acceptors (Lipinski definition) is 3. The maximum atomic E-state index is 14.1. The maximum Gasteiger partial charge on any atom is 0.322 e. The zero-order valence-electron chi connectivity index (χ0n) is 21.7. The molecule has 39 heavy (non-hydrogen) atoms. The van der Waals surface area contributed by atoms with Gasteiger partial charge in [-0.2, -0.15) is 5.10 Å². The Morgan fingerprint density at radius 1 is 1.00 bits per heavy atom. The molecule has 196 valence electrons. The summed E-state index contributed by atoms with van der Waals surface area (Å²) in [7, 11) is 1.65. The van der Waals surface area contributed by atoms with Gasteiger partial charge in [0.05, 0.1) is 36.8 Å². The Morgan fingerprint density at radius 2 is 1.74 bits per heavy atom. The summed E-state index contributed by atoms with van der Waals surface area (Å²) >= 11 is 6.09. The summed E-state index contributed by atoms with van der Waals surface area (Å²) in [5, 5.41) is 8.71. The Balaban J connectivity index is 1.53. The molecule has 1 aliphatic heterocycles. The van der Waals surface area contributed by atoms with Crippen molar-refractivity contribution in [1.82, 2.24) is 19.2 Å². The molecule has 8 heteroatoms. The van der Waals surface area contributed by atoms with Crippen LogP contribution in [0.15, 0.2) is 97.2 Å². The normalized spacial score (nSPS) is 14.3. The molecule has 1 atom stereocenters. The minimum Gasteiger partial charge on any atom is -0.497 e. The van der Waals surface area contributed by atoms with E-state index in [-0.39, 0.29) is 12.1 Å². The Labute approximate surface area is 232 Å². The number of nitrogens with one attached hydrogen (secondary N) is 1. The highest BCUT2D eigenvalue weighted by atomic mass is 35.5. The van der Waals surface area contributed by atoms with Gasteiger partial charge in [0.25, 0.3) is 0 Å². The highest BCUT2D eigenvalue weighted by Crippen LogP contribution is 2.39. The van der Waals surface area contributed by atoms with E-state index in [1.807, 2.05) is 76.4 Å². The fourth-order valence-corrected chi connectivity index (χ4v) is 5.34. The second-order valence-corrected chi connectivity index (χ2v) is 9.83. The van der Waals surface area contributed by atoms with Crippen molar-refractivity contribution in [3.05, 3.63) is 125 Å². The number of aromatic nitrogens is 3. The summed E-state index contributed by atoms with van der Waals surface area (Å²) in [5.74, 6) is 1.70. The highest BCUT2D eigenvalue weighted by molar-refractivity contribution is 6.30. The van der Waals surface area contributed by atoms with Crippen LogP contribution in [0.4, 0.5) is 10.5 Å². The van der Waals surface area contributed by atoms with E-state index in [9.17, 15) is 4.79 Å². The molecule has 2 aromatic heterocycles. The van der Waals surface area contributed by atoms with Crippen LogP contribution < -0.4 is 10.1 Å². The molecule has 7 nitrogen and oxygen atoms in total. The fourth-order valence-electron chi connectivity index (χ4n) is 5.21. The second kappa shape index (κ2) is 10.3. The van der Waals surface area contributed by atoms with Gasteiger partial charge in [0.15, 0.2) is 0 Å². The summed E-state index contributed by atoms with van der Waals surface area (Å²) in [6, 6.07) is 28.7. The number of halogens is 1. The van der Waals surface area contributed by atoms with Gasteiger partial charge in [-0.3, -0.25) is 0 Å².